The van der Waals surface area contributed by atoms with E-state index in [2.05, 4.69) is 16.4 Å². The van der Waals surface area contributed by atoms with E-state index < -0.39 is 0 Å². The number of aromatic nitrogens is 3. The number of carbonyl (C=O) groups is 1. The maximum Gasteiger partial charge on any atom is 0.261 e. The summed E-state index contributed by atoms with van der Waals surface area (Å²) in [5.41, 5.74) is 2.73. The van der Waals surface area contributed by atoms with E-state index in [9.17, 15) is 9.59 Å². The minimum Gasteiger partial charge on any atom is -0.302 e. The molecule has 6 nitrogen and oxygen atoms in total. The molecule has 1 N–H and O–H groups in total. The third-order valence-electron chi connectivity index (χ3n) is 5.16. The van der Waals surface area contributed by atoms with Crippen molar-refractivity contribution in [2.75, 3.05) is 5.32 Å². The zero-order valence-electron chi connectivity index (χ0n) is 16.0. The van der Waals surface area contributed by atoms with E-state index in [1.165, 1.54) is 16.9 Å². The largest absolute Gasteiger partial charge is 0.302 e. The second-order valence-corrected chi connectivity index (χ2v) is 8.52. The lowest BCUT2D eigenvalue weighted by Crippen LogP contribution is -2.25. The van der Waals surface area contributed by atoms with E-state index in [4.69, 9.17) is 4.98 Å². The highest BCUT2D eigenvalue weighted by atomic mass is 32.1. The van der Waals surface area contributed by atoms with Crippen LogP contribution < -0.4 is 10.9 Å². The maximum absolute atomic E-state index is 12.9. The molecule has 1 fully saturated rings. The summed E-state index contributed by atoms with van der Waals surface area (Å²) in [5, 5.41) is 4.13. The average Bonchev–Trinajstić information content (AvgIpc) is 3.46. The van der Waals surface area contributed by atoms with Crippen LogP contribution in [0, 0.1) is 6.92 Å². The Bertz CT molecular complexity index is 1300. The minimum atomic E-state index is -0.120. The molecule has 1 aliphatic rings. The fourth-order valence-electron chi connectivity index (χ4n) is 3.57. The molecule has 7 heteroatoms. The van der Waals surface area contributed by atoms with E-state index in [-0.39, 0.29) is 23.9 Å². The summed E-state index contributed by atoms with van der Waals surface area (Å²) in [7, 11) is 0. The van der Waals surface area contributed by atoms with Gasteiger partial charge in [0.2, 0.25) is 5.91 Å². The van der Waals surface area contributed by atoms with Crippen molar-refractivity contribution in [1.82, 2.24) is 14.5 Å². The summed E-state index contributed by atoms with van der Waals surface area (Å²) in [5.74, 6) is 0.566. The number of carbonyl (C=O) groups excluding carboxylic acids is 1. The molecule has 5 rings (SSSR count). The van der Waals surface area contributed by atoms with Gasteiger partial charge in [0.25, 0.3) is 5.56 Å². The molecule has 2 aromatic heterocycles. The summed E-state index contributed by atoms with van der Waals surface area (Å²) in [6.07, 6.45) is 2.66. The number of benzene rings is 2. The van der Waals surface area contributed by atoms with E-state index in [0.717, 1.165) is 23.1 Å². The van der Waals surface area contributed by atoms with Gasteiger partial charge in [-0.2, -0.15) is 0 Å². The molecular weight excluding hydrogens is 384 g/mol. The Morgan fingerprint density at radius 1 is 1.17 bits per heavy atom. The predicted molar refractivity (Wildman–Crippen MR) is 116 cm³/mol. The lowest BCUT2D eigenvalue weighted by Gasteiger charge is -2.12. The topological polar surface area (TPSA) is 76.9 Å². The molecule has 29 heavy (non-hydrogen) atoms. The number of anilines is 1. The van der Waals surface area contributed by atoms with Crippen molar-refractivity contribution >= 4 is 43.5 Å². The third-order valence-corrected chi connectivity index (χ3v) is 6.09. The SMILES string of the molecule is Cc1ccc2nc(NC(=O)CCc3nc4ccccc4c(=O)n3C3CC3)sc2c1. The van der Waals surface area contributed by atoms with Gasteiger partial charge in [-0.05, 0) is 49.6 Å². The zero-order valence-corrected chi connectivity index (χ0v) is 16.8. The number of para-hydroxylation sites is 1. The highest BCUT2D eigenvalue weighted by Gasteiger charge is 2.28. The molecule has 1 aliphatic carbocycles. The number of hydrogen-bond acceptors (Lipinski definition) is 5. The Morgan fingerprint density at radius 2 is 2.00 bits per heavy atom. The fourth-order valence-corrected chi connectivity index (χ4v) is 4.55. The van der Waals surface area contributed by atoms with Gasteiger partial charge in [0, 0.05) is 18.9 Å². The number of nitrogens with zero attached hydrogens (tertiary/aromatic N) is 3. The van der Waals surface area contributed by atoms with Gasteiger partial charge in [0.15, 0.2) is 5.13 Å². The minimum absolute atomic E-state index is 0.00458. The number of fused-ring (bicyclic) bond motifs is 2. The molecule has 0 atom stereocenters. The van der Waals surface area contributed by atoms with Gasteiger partial charge in [0.1, 0.15) is 5.82 Å². The van der Waals surface area contributed by atoms with Crippen LogP contribution >= 0.6 is 11.3 Å². The van der Waals surface area contributed by atoms with Crippen molar-refractivity contribution in [1.29, 1.82) is 0 Å². The van der Waals surface area contributed by atoms with Gasteiger partial charge in [-0.15, -0.1) is 0 Å². The van der Waals surface area contributed by atoms with E-state index in [0.29, 0.717) is 28.3 Å². The van der Waals surface area contributed by atoms with Crippen molar-refractivity contribution in [2.45, 2.75) is 38.6 Å². The van der Waals surface area contributed by atoms with Gasteiger partial charge >= 0.3 is 0 Å². The number of amides is 1. The number of nitrogens with one attached hydrogen (secondary N) is 1. The molecule has 2 heterocycles. The van der Waals surface area contributed by atoms with Gasteiger partial charge in [-0.3, -0.25) is 14.2 Å². The van der Waals surface area contributed by atoms with E-state index >= 15 is 0 Å². The van der Waals surface area contributed by atoms with Crippen LogP contribution in [0.25, 0.3) is 21.1 Å². The Hall–Kier alpha value is -3.06. The fraction of sp³-hybridized carbons (Fsp3) is 0.273. The summed E-state index contributed by atoms with van der Waals surface area (Å²) < 4.78 is 2.84. The third kappa shape index (κ3) is 3.53. The summed E-state index contributed by atoms with van der Waals surface area (Å²) in [4.78, 5) is 34.6. The van der Waals surface area contributed by atoms with Crippen LogP contribution in [0.2, 0.25) is 0 Å². The standard InChI is InChI=1S/C22H20N4O2S/c1-13-6-9-17-18(12-13)29-22(24-17)25-20(27)11-10-19-23-16-5-3-2-4-15(16)21(28)26(19)14-7-8-14/h2-6,9,12,14H,7-8,10-11H2,1H3,(H,24,25,27). The molecule has 2 aromatic carbocycles. The van der Waals surface area contributed by atoms with Gasteiger partial charge in [0.05, 0.1) is 21.1 Å². The van der Waals surface area contributed by atoms with E-state index in [1.54, 1.807) is 4.57 Å². The highest BCUT2D eigenvalue weighted by Crippen LogP contribution is 2.35. The molecule has 0 aliphatic heterocycles. The molecule has 0 saturated heterocycles. The van der Waals surface area contributed by atoms with Crippen LogP contribution in [0.1, 0.15) is 36.7 Å². The van der Waals surface area contributed by atoms with Crippen LogP contribution in [0.4, 0.5) is 5.13 Å². The molecule has 1 amide bonds. The Labute approximate surface area is 171 Å². The smallest absolute Gasteiger partial charge is 0.261 e. The molecule has 0 spiro atoms. The van der Waals surface area contributed by atoms with Crippen molar-refractivity contribution in [2.24, 2.45) is 0 Å². The van der Waals surface area contributed by atoms with Gasteiger partial charge < -0.3 is 5.32 Å². The first-order chi connectivity index (χ1) is 14.1. The number of thiazole rings is 1. The monoisotopic (exact) mass is 404 g/mol. The first kappa shape index (κ1) is 18.0. The van der Waals surface area contributed by atoms with Crippen molar-refractivity contribution in [3.05, 3.63) is 64.2 Å². The van der Waals surface area contributed by atoms with Crippen molar-refractivity contribution in [3.63, 3.8) is 0 Å². The van der Waals surface area contributed by atoms with Crippen LogP contribution in [0.3, 0.4) is 0 Å². The molecule has 146 valence electrons. The lowest BCUT2D eigenvalue weighted by molar-refractivity contribution is -0.116. The average molecular weight is 404 g/mol. The van der Waals surface area contributed by atoms with Crippen molar-refractivity contribution in [3.8, 4) is 0 Å². The molecule has 0 radical (unpaired) electrons. The second kappa shape index (κ2) is 7.08. The Kier molecular flexibility index (Phi) is 4.39. The quantitative estimate of drug-likeness (QED) is 0.540. The molecular formula is C22H20N4O2S. The number of aryl methyl sites for hydroxylation is 2. The Morgan fingerprint density at radius 3 is 2.83 bits per heavy atom. The summed E-state index contributed by atoms with van der Waals surface area (Å²) >= 11 is 1.47. The first-order valence-electron chi connectivity index (χ1n) is 9.76. The van der Waals surface area contributed by atoms with Gasteiger partial charge in [-0.25, -0.2) is 9.97 Å². The molecule has 4 aromatic rings. The Balaban J connectivity index is 1.36. The number of rotatable bonds is 5. The van der Waals surface area contributed by atoms with Crippen LogP contribution in [-0.2, 0) is 11.2 Å². The normalized spacial score (nSPS) is 13.8. The highest BCUT2D eigenvalue weighted by molar-refractivity contribution is 7.22. The lowest BCUT2D eigenvalue weighted by atomic mass is 10.2. The maximum atomic E-state index is 12.9. The van der Waals surface area contributed by atoms with Crippen LogP contribution in [0.15, 0.2) is 47.3 Å². The van der Waals surface area contributed by atoms with Crippen LogP contribution in [-0.4, -0.2) is 20.4 Å². The molecule has 0 unspecified atom stereocenters. The molecule has 0 bridgehead atoms. The number of hydrogen-bond donors (Lipinski definition) is 1. The van der Waals surface area contributed by atoms with E-state index in [1.807, 2.05) is 43.3 Å². The zero-order chi connectivity index (χ0) is 20.0. The first-order valence-corrected chi connectivity index (χ1v) is 10.6. The van der Waals surface area contributed by atoms with Crippen molar-refractivity contribution < 1.29 is 4.79 Å². The summed E-state index contributed by atoms with van der Waals surface area (Å²) in [6.45, 7) is 2.04. The van der Waals surface area contributed by atoms with Crippen LogP contribution in [0.5, 0.6) is 0 Å². The molecule has 1 saturated carbocycles. The second-order valence-electron chi connectivity index (χ2n) is 7.49. The summed E-state index contributed by atoms with van der Waals surface area (Å²) in [6, 6.07) is 13.6. The van der Waals surface area contributed by atoms with Gasteiger partial charge in [-0.1, -0.05) is 29.5 Å². The predicted octanol–water partition coefficient (Wildman–Crippen LogP) is 4.22.